The summed E-state index contributed by atoms with van der Waals surface area (Å²) in [6, 6.07) is 0.333. The van der Waals surface area contributed by atoms with Crippen LogP contribution in [0.2, 0.25) is 0 Å². The van der Waals surface area contributed by atoms with Crippen molar-refractivity contribution in [2.45, 2.75) is 19.9 Å². The molecule has 0 aliphatic rings. The molecule has 13 heteroatoms. The van der Waals surface area contributed by atoms with Gasteiger partial charge in [-0.2, -0.15) is 0 Å². The molecule has 158 valence electrons. The van der Waals surface area contributed by atoms with Crippen LogP contribution in [-0.4, -0.2) is 72.5 Å². The van der Waals surface area contributed by atoms with Gasteiger partial charge in [-0.05, 0) is 6.04 Å². The summed E-state index contributed by atoms with van der Waals surface area (Å²) >= 11 is 0. The molecule has 0 radical (unpaired) electrons. The Hall–Kier alpha value is -4.00. The molecule has 0 atom stereocenters. The molecule has 0 aliphatic carbocycles. The minimum Gasteiger partial charge on any atom is -0.478 e. The summed E-state index contributed by atoms with van der Waals surface area (Å²) in [4.78, 5) is 57.3. The van der Waals surface area contributed by atoms with Crippen LogP contribution in [0.5, 0.6) is 0 Å². The van der Waals surface area contributed by atoms with Gasteiger partial charge in [-0.15, -0.1) is 0 Å². The number of hydrogen-bond donors (Lipinski definition) is 7. The maximum Gasteiger partial charge on any atom is 0.328 e. The number of carboxylic acid groups (broad SMARTS) is 6. The van der Waals surface area contributed by atoms with Crippen LogP contribution in [-0.2, 0) is 28.8 Å². The number of nitrogens with two attached hydrogens (primary N) is 1. The number of carboxylic acids is 6. The van der Waals surface area contributed by atoms with E-state index in [0.29, 0.717) is 42.5 Å². The molecular weight excluding hydrogens is 386 g/mol. The van der Waals surface area contributed by atoms with Crippen molar-refractivity contribution >= 4 is 35.8 Å². The summed E-state index contributed by atoms with van der Waals surface area (Å²) in [5, 5.41) is 46.9. The predicted octanol–water partition coefficient (Wildman–Crippen LogP) is -0.511. The first-order valence-corrected chi connectivity index (χ1v) is 6.79. The normalized spacial score (nSPS) is 9.43. The summed E-state index contributed by atoms with van der Waals surface area (Å²) in [7, 11) is 0. The van der Waals surface area contributed by atoms with Crippen molar-refractivity contribution in [1.82, 2.24) is 0 Å². The Bertz CT molecular complexity index is 485. The Kier molecular flexibility index (Phi) is 23.9. The van der Waals surface area contributed by atoms with Crippen LogP contribution < -0.4 is 5.73 Å². The molecule has 0 unspecified atom stereocenters. The maximum atomic E-state index is 9.55. The quantitative estimate of drug-likeness (QED) is 0.274. The zero-order valence-corrected chi connectivity index (χ0v) is 14.8. The monoisotopic (exact) mass is 407 g/mol. The first-order valence-electron chi connectivity index (χ1n) is 6.79. The third kappa shape index (κ3) is 80.2. The van der Waals surface area contributed by atoms with Crippen LogP contribution in [0.4, 0.5) is 0 Å². The van der Waals surface area contributed by atoms with E-state index >= 15 is 0 Å². The molecule has 0 rings (SSSR count). The van der Waals surface area contributed by atoms with E-state index in [1.165, 1.54) is 0 Å². The summed E-state index contributed by atoms with van der Waals surface area (Å²) in [6.45, 7) is 3.89. The van der Waals surface area contributed by atoms with Gasteiger partial charge in [0.1, 0.15) is 0 Å². The second-order valence-electron chi connectivity index (χ2n) is 4.27. The lowest BCUT2D eigenvalue weighted by Crippen LogP contribution is -2.06. The van der Waals surface area contributed by atoms with Crippen molar-refractivity contribution in [3.8, 4) is 0 Å². The average Bonchev–Trinajstić information content (AvgIpc) is 2.49. The standard InChI is InChI=1S/3C4H4O4.C3H9N/c3*5-3(6)1-2-4(7)8;1-3(2)4/h3*1-2H,(H,5,6)(H,7,8);3H,4H2,1-2H3/b3*2-1-;. The van der Waals surface area contributed by atoms with Crippen molar-refractivity contribution in [1.29, 1.82) is 0 Å². The van der Waals surface area contributed by atoms with Crippen molar-refractivity contribution in [2.24, 2.45) is 5.73 Å². The highest BCUT2D eigenvalue weighted by Crippen LogP contribution is 1.71. The van der Waals surface area contributed by atoms with E-state index in [1.807, 2.05) is 13.8 Å². The van der Waals surface area contributed by atoms with Gasteiger partial charge < -0.3 is 36.4 Å². The molecule has 13 nitrogen and oxygen atoms in total. The minimum atomic E-state index is -1.26. The molecular formula is C15H21NO12. The fourth-order valence-electron chi connectivity index (χ4n) is 0.428. The molecule has 0 aromatic carbocycles. The van der Waals surface area contributed by atoms with Crippen LogP contribution in [0.1, 0.15) is 13.8 Å². The molecule has 0 aromatic heterocycles. The Balaban J connectivity index is -0.000000141. The summed E-state index contributed by atoms with van der Waals surface area (Å²) < 4.78 is 0. The minimum absolute atomic E-state index is 0.333. The van der Waals surface area contributed by atoms with E-state index < -0.39 is 35.8 Å². The van der Waals surface area contributed by atoms with Crippen LogP contribution in [0.25, 0.3) is 0 Å². The first kappa shape index (κ1) is 31.7. The van der Waals surface area contributed by atoms with E-state index in [9.17, 15) is 28.8 Å². The molecule has 0 saturated heterocycles. The van der Waals surface area contributed by atoms with Gasteiger partial charge >= 0.3 is 35.8 Å². The van der Waals surface area contributed by atoms with E-state index in [2.05, 4.69) is 0 Å². The van der Waals surface area contributed by atoms with Gasteiger partial charge in [0.15, 0.2) is 0 Å². The van der Waals surface area contributed by atoms with Gasteiger partial charge in [0.2, 0.25) is 0 Å². The Morgan fingerprint density at radius 3 is 0.607 bits per heavy atom. The van der Waals surface area contributed by atoms with E-state index in [0.717, 1.165) is 0 Å². The SMILES string of the molecule is CC(C)N.O=C(O)/C=C\C(=O)O.O=C(O)/C=C\C(=O)O.O=C(O)/C=C\C(=O)O. The predicted molar refractivity (Wildman–Crippen MR) is 92.6 cm³/mol. The lowest BCUT2D eigenvalue weighted by atomic mass is 10.5. The van der Waals surface area contributed by atoms with Crippen molar-refractivity contribution < 1.29 is 59.4 Å². The zero-order valence-electron chi connectivity index (χ0n) is 14.8. The maximum absolute atomic E-state index is 9.55. The fourth-order valence-corrected chi connectivity index (χ4v) is 0.428. The van der Waals surface area contributed by atoms with Crippen LogP contribution >= 0.6 is 0 Å². The summed E-state index contributed by atoms with van der Waals surface area (Å²) in [5.74, 6) is -7.54. The number of rotatable bonds is 6. The topological polar surface area (TPSA) is 250 Å². The fraction of sp³-hybridized carbons (Fsp3) is 0.200. The highest BCUT2D eigenvalue weighted by molar-refractivity contribution is 5.90. The summed E-state index contributed by atoms with van der Waals surface area (Å²) in [6.07, 6.45) is 3.35. The Morgan fingerprint density at radius 1 is 0.500 bits per heavy atom. The molecule has 8 N–H and O–H groups in total. The van der Waals surface area contributed by atoms with Gasteiger partial charge in [-0.1, -0.05) is 13.8 Å². The van der Waals surface area contributed by atoms with Crippen molar-refractivity contribution in [3.63, 3.8) is 0 Å². The molecule has 0 spiro atoms. The molecule has 28 heavy (non-hydrogen) atoms. The highest BCUT2D eigenvalue weighted by atomic mass is 16.4. The van der Waals surface area contributed by atoms with Gasteiger partial charge in [0.25, 0.3) is 0 Å². The molecule has 0 aromatic rings. The molecule has 0 bridgehead atoms. The highest BCUT2D eigenvalue weighted by Gasteiger charge is 1.89. The smallest absolute Gasteiger partial charge is 0.328 e. The molecule has 0 aliphatic heterocycles. The lowest BCUT2D eigenvalue weighted by molar-refractivity contribution is -0.134. The Labute approximate surface area is 158 Å². The lowest BCUT2D eigenvalue weighted by Gasteiger charge is -1.81. The Morgan fingerprint density at radius 2 is 0.571 bits per heavy atom. The van der Waals surface area contributed by atoms with Crippen LogP contribution in [0.15, 0.2) is 36.5 Å². The second-order valence-corrected chi connectivity index (χ2v) is 4.27. The molecule has 0 amide bonds. The van der Waals surface area contributed by atoms with Gasteiger partial charge in [-0.3, -0.25) is 0 Å². The zero-order chi connectivity index (χ0) is 23.3. The summed E-state index contributed by atoms with van der Waals surface area (Å²) in [5.41, 5.74) is 5.11. The largest absolute Gasteiger partial charge is 0.478 e. The third-order valence-corrected chi connectivity index (χ3v) is 1.11. The number of aliphatic carboxylic acids is 6. The van der Waals surface area contributed by atoms with Crippen LogP contribution in [0.3, 0.4) is 0 Å². The second kappa shape index (κ2) is 21.0. The number of hydrogen-bond acceptors (Lipinski definition) is 7. The van der Waals surface area contributed by atoms with Gasteiger partial charge in [0, 0.05) is 36.5 Å². The van der Waals surface area contributed by atoms with Crippen molar-refractivity contribution in [2.75, 3.05) is 0 Å². The van der Waals surface area contributed by atoms with E-state index in [1.54, 1.807) is 0 Å². The third-order valence-electron chi connectivity index (χ3n) is 1.11. The van der Waals surface area contributed by atoms with Gasteiger partial charge in [-0.25, -0.2) is 28.8 Å². The first-order chi connectivity index (χ1) is 12.6. The molecule has 0 heterocycles. The van der Waals surface area contributed by atoms with Crippen molar-refractivity contribution in [3.05, 3.63) is 36.5 Å². The van der Waals surface area contributed by atoms with Gasteiger partial charge in [0.05, 0.1) is 0 Å². The molecule has 0 fully saturated rings. The van der Waals surface area contributed by atoms with E-state index in [-0.39, 0.29) is 0 Å². The molecule has 0 saturated carbocycles. The average molecular weight is 407 g/mol. The van der Waals surface area contributed by atoms with Crippen LogP contribution in [0, 0.1) is 0 Å². The van der Waals surface area contributed by atoms with E-state index in [4.69, 9.17) is 36.4 Å². The number of carbonyl (C=O) groups is 6.